The van der Waals surface area contributed by atoms with Gasteiger partial charge in [-0.25, -0.2) is 13.2 Å². The molecule has 2 aliphatic rings. The van der Waals surface area contributed by atoms with Gasteiger partial charge in [0, 0.05) is 18.5 Å². The quantitative estimate of drug-likeness (QED) is 0.274. The molecule has 0 aromatic carbocycles. The van der Waals surface area contributed by atoms with Gasteiger partial charge in [0.15, 0.2) is 0 Å². The summed E-state index contributed by atoms with van der Waals surface area (Å²) in [6.45, 7) is 2.76. The fourth-order valence-electron chi connectivity index (χ4n) is 2.68. The van der Waals surface area contributed by atoms with E-state index in [4.69, 9.17) is 0 Å². The molecule has 2 rings (SSSR count). The first kappa shape index (κ1) is 22.5. The van der Waals surface area contributed by atoms with Crippen LogP contribution in [0.4, 0.5) is 0 Å². The first-order valence-corrected chi connectivity index (χ1v) is 9.12. The van der Waals surface area contributed by atoms with Crippen LogP contribution in [0.5, 0.6) is 0 Å². The van der Waals surface area contributed by atoms with E-state index >= 15 is 0 Å². The fraction of sp³-hybridized carbons (Fsp3) is 0.769. The van der Waals surface area contributed by atoms with E-state index in [-0.39, 0.29) is 46.6 Å². The molecular weight excluding hydrogens is 365 g/mol. The SMILES string of the molecule is CC1(CCC(=O)ON2C(=O)CC(S(=O)(=O)[O-])C2=O)CCCCNN1.[Na+]. The fourth-order valence-corrected chi connectivity index (χ4v) is 3.37. The Labute approximate surface area is 168 Å². The van der Waals surface area contributed by atoms with Crippen LogP contribution in [-0.4, -0.2) is 53.2 Å². The van der Waals surface area contributed by atoms with Crippen LogP contribution in [0.3, 0.4) is 0 Å². The van der Waals surface area contributed by atoms with Crippen molar-refractivity contribution in [2.75, 3.05) is 6.54 Å². The molecule has 2 heterocycles. The summed E-state index contributed by atoms with van der Waals surface area (Å²) in [6.07, 6.45) is 2.36. The van der Waals surface area contributed by atoms with Crippen molar-refractivity contribution < 1.29 is 61.7 Å². The Morgan fingerprint density at radius 2 is 2.08 bits per heavy atom. The Balaban J connectivity index is 0.00000312. The first-order valence-electron chi connectivity index (χ1n) is 7.65. The number of hydroxylamine groups is 2. The van der Waals surface area contributed by atoms with Crippen molar-refractivity contribution in [3.05, 3.63) is 0 Å². The van der Waals surface area contributed by atoms with Gasteiger partial charge in [-0.2, -0.15) is 0 Å². The number of hydrogen-bond acceptors (Lipinski definition) is 9. The van der Waals surface area contributed by atoms with Crippen LogP contribution in [0, 0.1) is 0 Å². The zero-order valence-corrected chi connectivity index (χ0v) is 17.1. The van der Waals surface area contributed by atoms with E-state index in [9.17, 15) is 27.4 Å². The second-order valence-electron chi connectivity index (χ2n) is 6.24. The maximum absolute atomic E-state index is 11.9. The average molecular weight is 385 g/mol. The Morgan fingerprint density at radius 3 is 2.68 bits per heavy atom. The summed E-state index contributed by atoms with van der Waals surface area (Å²) in [7, 11) is -4.97. The van der Waals surface area contributed by atoms with E-state index in [2.05, 4.69) is 15.7 Å². The van der Waals surface area contributed by atoms with Gasteiger partial charge < -0.3 is 9.39 Å². The monoisotopic (exact) mass is 385 g/mol. The molecular formula is C13H20N3NaO7S. The molecule has 136 valence electrons. The first-order chi connectivity index (χ1) is 11.1. The van der Waals surface area contributed by atoms with Gasteiger partial charge in [0.1, 0.15) is 15.4 Å². The molecule has 2 amide bonds. The van der Waals surface area contributed by atoms with Crippen molar-refractivity contribution in [1.82, 2.24) is 15.9 Å². The zero-order valence-electron chi connectivity index (χ0n) is 14.2. The van der Waals surface area contributed by atoms with Gasteiger partial charge >= 0.3 is 35.5 Å². The maximum atomic E-state index is 11.9. The summed E-state index contributed by atoms with van der Waals surface area (Å²) >= 11 is 0. The molecule has 2 N–H and O–H groups in total. The third kappa shape index (κ3) is 5.98. The van der Waals surface area contributed by atoms with Crippen LogP contribution >= 0.6 is 0 Å². The number of rotatable bonds is 5. The minimum absolute atomic E-state index is 0. The molecule has 2 fully saturated rings. The molecule has 0 saturated carbocycles. The summed E-state index contributed by atoms with van der Waals surface area (Å²) in [5.74, 6) is -3.17. The molecule has 0 radical (unpaired) electrons. The molecule has 0 aromatic heterocycles. The molecule has 2 unspecified atom stereocenters. The molecule has 0 bridgehead atoms. The van der Waals surface area contributed by atoms with Crippen molar-refractivity contribution in [3.63, 3.8) is 0 Å². The van der Waals surface area contributed by atoms with Crippen molar-refractivity contribution >= 4 is 27.9 Å². The number of imide groups is 1. The second kappa shape index (κ2) is 8.89. The predicted octanol–water partition coefficient (Wildman–Crippen LogP) is -4.06. The molecule has 0 aromatic rings. The molecule has 12 heteroatoms. The molecule has 2 atom stereocenters. The van der Waals surface area contributed by atoms with E-state index in [0.29, 0.717) is 6.42 Å². The number of carbonyl (C=O) groups excluding carboxylic acids is 3. The number of nitrogens with zero attached hydrogens (tertiary/aromatic N) is 1. The van der Waals surface area contributed by atoms with E-state index in [1.807, 2.05) is 6.92 Å². The van der Waals surface area contributed by atoms with E-state index < -0.39 is 39.6 Å². The van der Waals surface area contributed by atoms with Crippen LogP contribution in [0.15, 0.2) is 0 Å². The smallest absolute Gasteiger partial charge is 0.747 e. The second-order valence-corrected chi connectivity index (χ2v) is 7.80. The predicted molar refractivity (Wildman–Crippen MR) is 78.7 cm³/mol. The normalized spacial score (nSPS) is 27.6. The molecule has 0 aliphatic carbocycles. The van der Waals surface area contributed by atoms with Gasteiger partial charge in [0.05, 0.1) is 6.42 Å². The molecule has 10 nitrogen and oxygen atoms in total. The summed E-state index contributed by atoms with van der Waals surface area (Å²) < 4.78 is 32.8. The van der Waals surface area contributed by atoms with Gasteiger partial charge in [0.25, 0.3) is 11.8 Å². The Kier molecular flexibility index (Phi) is 7.99. The number of hydrogen-bond donors (Lipinski definition) is 2. The molecule has 25 heavy (non-hydrogen) atoms. The summed E-state index contributed by atoms with van der Waals surface area (Å²) in [5.41, 5.74) is 5.84. The molecule has 2 saturated heterocycles. The third-order valence-corrected chi connectivity index (χ3v) is 5.22. The zero-order chi connectivity index (χ0) is 18.0. The summed E-state index contributed by atoms with van der Waals surface area (Å²) in [4.78, 5) is 39.9. The van der Waals surface area contributed by atoms with Gasteiger partial charge in [0.2, 0.25) is 0 Å². The largest absolute Gasteiger partial charge is 1.00 e. The van der Waals surface area contributed by atoms with Crippen LogP contribution in [0.2, 0.25) is 0 Å². The molecule has 2 aliphatic heterocycles. The van der Waals surface area contributed by atoms with Gasteiger partial charge in [-0.3, -0.25) is 20.4 Å². The summed E-state index contributed by atoms with van der Waals surface area (Å²) in [6, 6.07) is 0. The summed E-state index contributed by atoms with van der Waals surface area (Å²) in [5, 5.41) is -1.94. The average Bonchev–Trinajstić information content (AvgIpc) is 2.65. The Hall–Kier alpha value is -0.560. The van der Waals surface area contributed by atoms with Crippen LogP contribution < -0.4 is 40.4 Å². The van der Waals surface area contributed by atoms with Gasteiger partial charge in [-0.05, 0) is 26.2 Å². The Morgan fingerprint density at radius 1 is 1.40 bits per heavy atom. The number of amides is 2. The minimum atomic E-state index is -4.97. The van der Waals surface area contributed by atoms with Gasteiger partial charge in [-0.15, -0.1) is 5.06 Å². The van der Waals surface area contributed by atoms with Crippen molar-refractivity contribution in [2.24, 2.45) is 0 Å². The number of nitrogens with one attached hydrogen (secondary N) is 2. The standard InChI is InChI=1S/C13H21N3O7S.Na/c1-13(5-2-3-7-14-15-13)6-4-11(18)23-16-10(17)8-9(12(16)19)24(20,21)22;/h9,14-15H,2-8H2,1H3,(H,20,21,22);/q;+1/p-1. The van der Waals surface area contributed by atoms with Crippen LogP contribution in [-0.2, 0) is 29.3 Å². The topological polar surface area (TPSA) is 145 Å². The van der Waals surface area contributed by atoms with Crippen LogP contribution in [0.25, 0.3) is 0 Å². The van der Waals surface area contributed by atoms with Crippen molar-refractivity contribution in [3.8, 4) is 0 Å². The van der Waals surface area contributed by atoms with E-state index in [1.165, 1.54) is 0 Å². The molecule has 0 spiro atoms. The number of hydrazine groups is 1. The van der Waals surface area contributed by atoms with Crippen molar-refractivity contribution in [2.45, 2.75) is 56.2 Å². The Bertz CT molecular complexity index is 632. The van der Waals surface area contributed by atoms with Crippen LogP contribution in [0.1, 0.15) is 45.4 Å². The van der Waals surface area contributed by atoms with Crippen molar-refractivity contribution in [1.29, 1.82) is 0 Å². The van der Waals surface area contributed by atoms with E-state index in [0.717, 1.165) is 25.8 Å². The minimum Gasteiger partial charge on any atom is -0.747 e. The van der Waals surface area contributed by atoms with Gasteiger partial charge in [-0.1, -0.05) is 6.42 Å². The number of carbonyl (C=O) groups is 3. The third-order valence-electron chi connectivity index (χ3n) is 4.16. The maximum Gasteiger partial charge on any atom is 1.00 e. The van der Waals surface area contributed by atoms with E-state index in [1.54, 1.807) is 0 Å².